The monoisotopic (exact) mass is 531 g/mol. The molecule has 1 atom stereocenters. The highest BCUT2D eigenvalue weighted by Gasteiger charge is 2.51. The number of hydrogen-bond donors (Lipinski definition) is 5. The molecular weight excluding hydrogens is 474 g/mol. The second kappa shape index (κ2) is 15.6. The van der Waals surface area contributed by atoms with Crippen molar-refractivity contribution in [2.45, 2.75) is 115 Å². The van der Waals surface area contributed by atoms with Crippen molar-refractivity contribution >= 4 is 11.8 Å². The number of unbranched alkanes of at least 4 members (excludes halogenated alkanes) is 1. The molecule has 0 aromatic rings. The molecule has 4 bridgehead atoms. The van der Waals surface area contributed by atoms with E-state index in [1.165, 1.54) is 77.0 Å². The van der Waals surface area contributed by atoms with E-state index < -0.39 is 0 Å². The highest BCUT2D eigenvalue weighted by molar-refractivity contribution is 5.87. The second-order valence-electron chi connectivity index (χ2n) is 13.4. The summed E-state index contributed by atoms with van der Waals surface area (Å²) in [6.45, 7) is 5.39. The summed E-state index contributed by atoms with van der Waals surface area (Å²) in [6.07, 6.45) is 19.8. The van der Waals surface area contributed by atoms with Crippen LogP contribution in [0.5, 0.6) is 0 Å². The Morgan fingerprint density at radius 1 is 0.763 bits per heavy atom. The van der Waals surface area contributed by atoms with Crippen LogP contribution in [-0.2, 0) is 9.59 Å². The molecule has 6 N–H and O–H groups in total. The summed E-state index contributed by atoms with van der Waals surface area (Å²) in [5.41, 5.74) is 5.73. The lowest BCUT2D eigenvalue weighted by Gasteiger charge is -2.56. The largest absolute Gasteiger partial charge is 0.354 e. The first-order chi connectivity index (χ1) is 18.5. The van der Waals surface area contributed by atoms with Crippen LogP contribution in [0.3, 0.4) is 0 Å². The Morgan fingerprint density at radius 3 is 1.95 bits per heavy atom. The maximum atomic E-state index is 13.3. The molecule has 5 saturated carbocycles. The average Bonchev–Trinajstić information content (AvgIpc) is 2.88. The number of amides is 2. The van der Waals surface area contributed by atoms with E-state index in [1.807, 2.05) is 0 Å². The molecule has 0 aliphatic heterocycles. The Balaban J connectivity index is 1.15. The summed E-state index contributed by atoms with van der Waals surface area (Å²) >= 11 is 0. The third-order valence-corrected chi connectivity index (χ3v) is 9.99. The van der Waals surface area contributed by atoms with Crippen LogP contribution in [0.1, 0.15) is 109 Å². The minimum Gasteiger partial charge on any atom is -0.354 e. The summed E-state index contributed by atoms with van der Waals surface area (Å²) in [7, 11) is 0. The van der Waals surface area contributed by atoms with Gasteiger partial charge in [0.25, 0.3) is 0 Å². The summed E-state index contributed by atoms with van der Waals surface area (Å²) in [5, 5.41) is 13.3. The van der Waals surface area contributed by atoms with Gasteiger partial charge in [-0.05, 0) is 132 Å². The van der Waals surface area contributed by atoms with Gasteiger partial charge in [0.2, 0.25) is 11.8 Å². The van der Waals surface area contributed by atoms with Crippen molar-refractivity contribution in [2.24, 2.45) is 34.8 Å². The molecule has 7 nitrogen and oxygen atoms in total. The maximum Gasteiger partial charge on any atom is 0.242 e. The van der Waals surface area contributed by atoms with Crippen molar-refractivity contribution in [1.82, 2.24) is 21.3 Å². The molecule has 0 heterocycles. The van der Waals surface area contributed by atoms with Gasteiger partial charge in [-0.2, -0.15) is 0 Å². The summed E-state index contributed by atoms with van der Waals surface area (Å²) in [6, 6.07) is -0.376. The number of nitrogens with one attached hydrogen (secondary N) is 4. The quantitative estimate of drug-likeness (QED) is 0.173. The zero-order chi connectivity index (χ0) is 26.6. The van der Waals surface area contributed by atoms with E-state index in [4.69, 9.17) is 5.73 Å². The van der Waals surface area contributed by atoms with Crippen LogP contribution in [0.4, 0.5) is 0 Å². The lowest BCUT2D eigenvalue weighted by molar-refractivity contribution is -0.134. The first-order valence-corrected chi connectivity index (χ1v) is 16.2. The van der Waals surface area contributed by atoms with Crippen LogP contribution in [0, 0.1) is 29.1 Å². The van der Waals surface area contributed by atoms with Gasteiger partial charge in [-0.1, -0.05) is 32.1 Å². The van der Waals surface area contributed by atoms with Crippen LogP contribution >= 0.6 is 0 Å². The molecule has 0 unspecified atom stereocenters. The third-order valence-electron chi connectivity index (χ3n) is 9.99. The van der Waals surface area contributed by atoms with E-state index in [1.54, 1.807) is 0 Å². The van der Waals surface area contributed by atoms with E-state index in [0.29, 0.717) is 18.9 Å². The Hall–Kier alpha value is -1.18. The molecule has 2 amide bonds. The van der Waals surface area contributed by atoms with Gasteiger partial charge in [-0.3, -0.25) is 9.59 Å². The van der Waals surface area contributed by atoms with Crippen molar-refractivity contribution in [2.75, 3.05) is 39.3 Å². The molecule has 5 aliphatic rings. The van der Waals surface area contributed by atoms with Gasteiger partial charge in [0, 0.05) is 13.0 Å². The van der Waals surface area contributed by atoms with Gasteiger partial charge in [-0.15, -0.1) is 0 Å². The smallest absolute Gasteiger partial charge is 0.242 e. The van der Waals surface area contributed by atoms with Crippen molar-refractivity contribution in [3.8, 4) is 0 Å². The number of hydrogen-bond acceptors (Lipinski definition) is 5. The van der Waals surface area contributed by atoms with Crippen LogP contribution in [0.15, 0.2) is 0 Å². The van der Waals surface area contributed by atoms with Gasteiger partial charge in [0.05, 0.1) is 0 Å². The lowest BCUT2D eigenvalue weighted by atomic mass is 9.49. The first kappa shape index (κ1) is 29.8. The SMILES string of the molecule is NCCCNCCCCNCCCNC(=O)[C@H](CC1CCCCC1)NC(=O)CC12CC3CC(CC(C3)C1)C2. The molecule has 0 saturated heterocycles. The molecule has 5 fully saturated rings. The van der Waals surface area contributed by atoms with Crippen LogP contribution in [0.2, 0.25) is 0 Å². The van der Waals surface area contributed by atoms with Gasteiger partial charge in [-0.25, -0.2) is 0 Å². The minimum absolute atomic E-state index is 0.0259. The van der Waals surface area contributed by atoms with Crippen LogP contribution in [-0.4, -0.2) is 57.1 Å². The Labute approximate surface area is 232 Å². The molecular formula is C31H57N5O2. The highest BCUT2D eigenvalue weighted by atomic mass is 16.2. The molecule has 0 aromatic carbocycles. The van der Waals surface area contributed by atoms with Crippen LogP contribution < -0.4 is 27.0 Å². The Bertz CT molecular complexity index is 688. The second-order valence-corrected chi connectivity index (χ2v) is 13.4. The lowest BCUT2D eigenvalue weighted by Crippen LogP contribution is -2.51. The number of carbonyl (C=O) groups excluding carboxylic acids is 2. The van der Waals surface area contributed by atoms with Crippen molar-refractivity contribution in [3.05, 3.63) is 0 Å². The summed E-state index contributed by atoms with van der Waals surface area (Å²) in [4.78, 5) is 26.6. The Kier molecular flexibility index (Phi) is 12.2. The highest BCUT2D eigenvalue weighted by Crippen LogP contribution is 2.61. The van der Waals surface area contributed by atoms with Crippen LogP contribution in [0.25, 0.3) is 0 Å². The van der Waals surface area contributed by atoms with E-state index in [9.17, 15) is 9.59 Å². The number of nitrogens with two attached hydrogens (primary N) is 1. The molecule has 0 radical (unpaired) electrons. The molecule has 5 rings (SSSR count). The predicted molar refractivity (Wildman–Crippen MR) is 155 cm³/mol. The van der Waals surface area contributed by atoms with Gasteiger partial charge < -0.3 is 27.0 Å². The minimum atomic E-state index is -0.376. The van der Waals surface area contributed by atoms with Gasteiger partial charge in [0.15, 0.2) is 0 Å². The zero-order valence-electron chi connectivity index (χ0n) is 24.0. The number of rotatable bonds is 18. The Morgan fingerprint density at radius 2 is 1.34 bits per heavy atom. The first-order valence-electron chi connectivity index (χ1n) is 16.2. The third kappa shape index (κ3) is 9.48. The summed E-state index contributed by atoms with van der Waals surface area (Å²) < 4.78 is 0. The standard InChI is InChI=1S/C31H57N5O2/c32-10-6-13-33-11-4-5-12-34-14-7-15-35-30(38)28(19-24-8-2-1-3-9-24)36-29(37)23-31-20-25-16-26(21-31)18-27(17-25)22-31/h24-28,33-34H,1-23,32H2,(H,35,38)(H,36,37)/t25?,26?,27?,28-,31?/m0/s1. The maximum absolute atomic E-state index is 13.3. The fourth-order valence-electron chi connectivity index (χ4n) is 8.61. The zero-order valence-corrected chi connectivity index (χ0v) is 24.0. The van der Waals surface area contributed by atoms with E-state index in [0.717, 1.165) is 76.2 Å². The fraction of sp³-hybridized carbons (Fsp3) is 0.935. The van der Waals surface area contributed by atoms with Crippen molar-refractivity contribution in [1.29, 1.82) is 0 Å². The summed E-state index contributed by atoms with van der Waals surface area (Å²) in [5.74, 6) is 3.26. The fourth-order valence-corrected chi connectivity index (χ4v) is 8.61. The number of carbonyl (C=O) groups is 2. The molecule has 0 aromatic heterocycles. The van der Waals surface area contributed by atoms with E-state index in [-0.39, 0.29) is 23.3 Å². The predicted octanol–water partition coefficient (Wildman–Crippen LogP) is 3.86. The molecule has 7 heteroatoms. The average molecular weight is 532 g/mol. The topological polar surface area (TPSA) is 108 Å². The van der Waals surface area contributed by atoms with Crippen molar-refractivity contribution in [3.63, 3.8) is 0 Å². The molecule has 5 aliphatic carbocycles. The molecule has 218 valence electrons. The van der Waals surface area contributed by atoms with E-state index in [2.05, 4.69) is 21.3 Å². The van der Waals surface area contributed by atoms with Crippen molar-refractivity contribution < 1.29 is 9.59 Å². The normalized spacial score (nSPS) is 29.3. The van der Waals surface area contributed by atoms with Gasteiger partial charge in [0.1, 0.15) is 6.04 Å². The molecule has 0 spiro atoms. The molecule has 38 heavy (non-hydrogen) atoms. The van der Waals surface area contributed by atoms with Gasteiger partial charge >= 0.3 is 0 Å². The van der Waals surface area contributed by atoms with E-state index >= 15 is 0 Å².